The molecule has 1 saturated carbocycles. The number of nitrogens with zero attached hydrogens (tertiary/aromatic N) is 4. The van der Waals surface area contributed by atoms with Crippen molar-refractivity contribution < 1.29 is 8.42 Å². The second kappa shape index (κ2) is 6.90. The van der Waals surface area contributed by atoms with E-state index in [0.717, 1.165) is 50.4 Å². The maximum absolute atomic E-state index is 12.3. The third-order valence-corrected chi connectivity index (χ3v) is 7.44. The van der Waals surface area contributed by atoms with Gasteiger partial charge in [0.1, 0.15) is 5.82 Å². The van der Waals surface area contributed by atoms with Crippen LogP contribution in [0.25, 0.3) is 11.4 Å². The van der Waals surface area contributed by atoms with Crippen molar-refractivity contribution in [3.8, 4) is 11.4 Å². The molecule has 0 spiro atoms. The van der Waals surface area contributed by atoms with E-state index in [0.29, 0.717) is 13.1 Å². The number of benzene rings is 1. The van der Waals surface area contributed by atoms with Gasteiger partial charge in [0.2, 0.25) is 10.0 Å². The Hall–Kier alpha value is -1.70. The second-order valence-corrected chi connectivity index (χ2v) is 9.01. The van der Waals surface area contributed by atoms with Crippen molar-refractivity contribution in [1.82, 2.24) is 18.8 Å². The van der Waals surface area contributed by atoms with Gasteiger partial charge in [0.25, 0.3) is 0 Å². The van der Waals surface area contributed by atoms with Gasteiger partial charge in [-0.25, -0.2) is 13.4 Å². The molecule has 1 saturated heterocycles. The summed E-state index contributed by atoms with van der Waals surface area (Å²) in [5.41, 5.74) is 1.12. The maximum Gasteiger partial charge on any atom is 0.217 e. The maximum atomic E-state index is 12.3. The minimum absolute atomic E-state index is 0.0987. The molecule has 0 atom stereocenters. The molecule has 0 amide bonds. The lowest BCUT2D eigenvalue weighted by molar-refractivity contribution is 0.183. The SMILES string of the molecule is O=S(=O)(C1CC1)N1CCN(CCn2ccnc2-c2ccccc2)CC1. The molecule has 6 nitrogen and oxygen atoms in total. The number of piperazine rings is 1. The Bertz CT molecular complexity index is 807. The van der Waals surface area contributed by atoms with Gasteiger partial charge in [-0.1, -0.05) is 30.3 Å². The Labute approximate surface area is 149 Å². The van der Waals surface area contributed by atoms with Gasteiger partial charge in [-0.2, -0.15) is 4.31 Å². The average Bonchev–Trinajstić information content (AvgIpc) is 3.41. The molecule has 2 fully saturated rings. The Morgan fingerprint density at radius 2 is 1.72 bits per heavy atom. The molecule has 2 aliphatic rings. The molecule has 25 heavy (non-hydrogen) atoms. The van der Waals surface area contributed by atoms with E-state index in [4.69, 9.17) is 0 Å². The van der Waals surface area contributed by atoms with E-state index in [9.17, 15) is 8.42 Å². The summed E-state index contributed by atoms with van der Waals surface area (Å²) in [5.74, 6) is 0.982. The van der Waals surface area contributed by atoms with Crippen LogP contribution in [0.5, 0.6) is 0 Å². The summed E-state index contributed by atoms with van der Waals surface area (Å²) < 4.78 is 28.4. The fourth-order valence-electron chi connectivity index (χ4n) is 3.37. The van der Waals surface area contributed by atoms with Crippen LogP contribution >= 0.6 is 0 Å². The molecule has 0 unspecified atom stereocenters. The predicted molar refractivity (Wildman–Crippen MR) is 97.6 cm³/mol. The highest BCUT2D eigenvalue weighted by Gasteiger charge is 2.40. The molecule has 1 aliphatic carbocycles. The monoisotopic (exact) mass is 360 g/mol. The third-order valence-electron chi connectivity index (χ3n) is 5.04. The van der Waals surface area contributed by atoms with Crippen LogP contribution in [-0.4, -0.2) is 65.1 Å². The first-order valence-corrected chi connectivity index (χ1v) is 10.4. The van der Waals surface area contributed by atoms with Crippen molar-refractivity contribution in [3.63, 3.8) is 0 Å². The van der Waals surface area contributed by atoms with Gasteiger partial charge in [0.15, 0.2) is 0 Å². The first kappa shape index (κ1) is 16.8. The first-order valence-electron chi connectivity index (χ1n) is 8.92. The van der Waals surface area contributed by atoms with Crippen molar-refractivity contribution in [2.75, 3.05) is 32.7 Å². The fraction of sp³-hybridized carbons (Fsp3) is 0.500. The minimum Gasteiger partial charge on any atom is -0.330 e. The molecule has 0 bridgehead atoms. The van der Waals surface area contributed by atoms with E-state index in [1.807, 2.05) is 30.6 Å². The van der Waals surface area contributed by atoms with Gasteiger partial charge < -0.3 is 4.57 Å². The Kier molecular flexibility index (Phi) is 4.62. The van der Waals surface area contributed by atoms with Crippen molar-refractivity contribution in [2.24, 2.45) is 0 Å². The van der Waals surface area contributed by atoms with E-state index >= 15 is 0 Å². The molecule has 1 aromatic carbocycles. The van der Waals surface area contributed by atoms with Crippen LogP contribution in [0.4, 0.5) is 0 Å². The smallest absolute Gasteiger partial charge is 0.217 e. The Balaban J connectivity index is 1.33. The number of aromatic nitrogens is 2. The van der Waals surface area contributed by atoms with Gasteiger partial charge in [0, 0.05) is 57.2 Å². The van der Waals surface area contributed by atoms with Crippen molar-refractivity contribution in [1.29, 1.82) is 0 Å². The summed E-state index contributed by atoms with van der Waals surface area (Å²) >= 11 is 0. The molecule has 7 heteroatoms. The van der Waals surface area contributed by atoms with Crippen LogP contribution < -0.4 is 0 Å². The standard InChI is InChI=1S/C18H24N4O2S/c23-25(24,17-6-7-17)22-14-11-20(12-15-22)10-13-21-9-8-19-18(21)16-4-2-1-3-5-16/h1-5,8-9,17H,6-7,10-15H2. The molecule has 1 aliphatic heterocycles. The van der Waals surface area contributed by atoms with Gasteiger partial charge in [0.05, 0.1) is 5.25 Å². The van der Waals surface area contributed by atoms with Gasteiger partial charge in [-0.15, -0.1) is 0 Å². The van der Waals surface area contributed by atoms with Crippen LogP contribution in [0, 0.1) is 0 Å². The largest absolute Gasteiger partial charge is 0.330 e. The summed E-state index contributed by atoms with van der Waals surface area (Å²) in [5, 5.41) is -0.0987. The Morgan fingerprint density at radius 1 is 1.00 bits per heavy atom. The van der Waals surface area contributed by atoms with Gasteiger partial charge in [-0.3, -0.25) is 4.90 Å². The number of hydrogen-bond acceptors (Lipinski definition) is 4. The van der Waals surface area contributed by atoms with Crippen molar-refractivity contribution >= 4 is 10.0 Å². The lowest BCUT2D eigenvalue weighted by Gasteiger charge is -2.34. The zero-order chi connectivity index (χ0) is 17.3. The predicted octanol–water partition coefficient (Wildman–Crippen LogP) is 1.66. The quantitative estimate of drug-likeness (QED) is 0.786. The molecule has 2 aromatic rings. The van der Waals surface area contributed by atoms with Crippen LogP contribution in [0.3, 0.4) is 0 Å². The molecule has 134 valence electrons. The van der Waals surface area contributed by atoms with Crippen molar-refractivity contribution in [2.45, 2.75) is 24.6 Å². The average molecular weight is 360 g/mol. The highest BCUT2D eigenvalue weighted by atomic mass is 32.2. The number of imidazole rings is 1. The molecule has 0 N–H and O–H groups in total. The fourth-order valence-corrected chi connectivity index (χ4v) is 5.20. The number of hydrogen-bond donors (Lipinski definition) is 0. The van der Waals surface area contributed by atoms with Crippen LogP contribution in [0.2, 0.25) is 0 Å². The second-order valence-electron chi connectivity index (χ2n) is 6.80. The molecule has 0 radical (unpaired) electrons. The highest BCUT2D eigenvalue weighted by Crippen LogP contribution is 2.31. The topological polar surface area (TPSA) is 58.4 Å². The van der Waals surface area contributed by atoms with Gasteiger partial charge >= 0.3 is 0 Å². The van der Waals surface area contributed by atoms with E-state index < -0.39 is 10.0 Å². The number of sulfonamides is 1. The molecule has 1 aromatic heterocycles. The summed E-state index contributed by atoms with van der Waals surface area (Å²) in [7, 11) is -3.02. The Morgan fingerprint density at radius 3 is 2.40 bits per heavy atom. The van der Waals surface area contributed by atoms with Crippen LogP contribution in [0.15, 0.2) is 42.7 Å². The minimum atomic E-state index is -3.02. The van der Waals surface area contributed by atoms with Crippen LogP contribution in [0.1, 0.15) is 12.8 Å². The first-order chi connectivity index (χ1) is 12.1. The summed E-state index contributed by atoms with van der Waals surface area (Å²) in [6, 6.07) is 10.2. The molecular weight excluding hydrogens is 336 g/mol. The normalized spacial score (nSPS) is 20.0. The summed E-state index contributed by atoms with van der Waals surface area (Å²) in [4.78, 5) is 6.82. The zero-order valence-electron chi connectivity index (χ0n) is 14.3. The zero-order valence-corrected chi connectivity index (χ0v) is 15.1. The molecule has 4 rings (SSSR count). The van der Waals surface area contributed by atoms with E-state index in [1.54, 1.807) is 4.31 Å². The van der Waals surface area contributed by atoms with Crippen molar-refractivity contribution in [3.05, 3.63) is 42.7 Å². The lowest BCUT2D eigenvalue weighted by atomic mass is 10.2. The summed E-state index contributed by atoms with van der Waals surface area (Å²) in [6.45, 7) is 4.62. The highest BCUT2D eigenvalue weighted by molar-refractivity contribution is 7.90. The molecular formula is C18H24N4O2S. The molecule has 2 heterocycles. The summed E-state index contributed by atoms with van der Waals surface area (Å²) in [6.07, 6.45) is 5.52. The van der Waals surface area contributed by atoms with E-state index in [1.165, 1.54) is 0 Å². The van der Waals surface area contributed by atoms with Crippen LogP contribution in [-0.2, 0) is 16.6 Å². The van der Waals surface area contributed by atoms with E-state index in [2.05, 4.69) is 26.6 Å². The van der Waals surface area contributed by atoms with E-state index in [-0.39, 0.29) is 5.25 Å². The lowest BCUT2D eigenvalue weighted by Crippen LogP contribution is -2.50. The number of rotatable bonds is 6. The third kappa shape index (κ3) is 3.63. The van der Waals surface area contributed by atoms with Gasteiger partial charge in [-0.05, 0) is 12.8 Å².